The standard InChI is InChI=1S/C23H27ClO3/c1-4-17-9-11-18(12-10-17)15-22(26)27-16-23(2,3)21(25)14-13-19-7-5-6-8-20(19)24/h5-12H,4,13-16H2,1-3H3. The summed E-state index contributed by atoms with van der Waals surface area (Å²) in [5.74, 6) is -0.256. The van der Waals surface area contributed by atoms with Crippen LogP contribution in [0.25, 0.3) is 0 Å². The van der Waals surface area contributed by atoms with Crippen LogP contribution in [0, 0.1) is 5.41 Å². The molecule has 0 unspecified atom stereocenters. The topological polar surface area (TPSA) is 43.4 Å². The fourth-order valence-electron chi connectivity index (χ4n) is 2.74. The van der Waals surface area contributed by atoms with Gasteiger partial charge in [-0.1, -0.05) is 61.0 Å². The molecule has 0 aliphatic carbocycles. The summed E-state index contributed by atoms with van der Waals surface area (Å²) in [5, 5.41) is 0.670. The lowest BCUT2D eigenvalue weighted by Gasteiger charge is -2.23. The highest BCUT2D eigenvalue weighted by molar-refractivity contribution is 6.31. The molecule has 0 bridgehead atoms. The highest BCUT2D eigenvalue weighted by Gasteiger charge is 2.29. The van der Waals surface area contributed by atoms with Crippen LogP contribution >= 0.6 is 11.6 Å². The van der Waals surface area contributed by atoms with E-state index in [1.165, 1.54) is 5.56 Å². The highest BCUT2D eigenvalue weighted by Crippen LogP contribution is 2.23. The van der Waals surface area contributed by atoms with Crippen molar-refractivity contribution in [2.24, 2.45) is 5.41 Å². The van der Waals surface area contributed by atoms with Gasteiger partial charge in [-0.25, -0.2) is 0 Å². The van der Waals surface area contributed by atoms with Gasteiger partial charge in [-0.05, 0) is 49.4 Å². The van der Waals surface area contributed by atoms with Gasteiger partial charge in [0.25, 0.3) is 0 Å². The molecule has 0 saturated carbocycles. The lowest BCUT2D eigenvalue weighted by Crippen LogP contribution is -2.31. The molecule has 2 rings (SSSR count). The van der Waals surface area contributed by atoms with E-state index in [1.54, 1.807) is 0 Å². The zero-order valence-corrected chi connectivity index (χ0v) is 17.0. The second-order valence-corrected chi connectivity index (χ2v) is 7.81. The fourth-order valence-corrected chi connectivity index (χ4v) is 2.97. The third-order valence-corrected chi connectivity index (χ3v) is 5.08. The zero-order valence-electron chi connectivity index (χ0n) is 16.3. The third kappa shape index (κ3) is 6.51. The summed E-state index contributed by atoms with van der Waals surface area (Å²) in [4.78, 5) is 24.7. The van der Waals surface area contributed by atoms with Crippen LogP contribution in [-0.2, 0) is 33.6 Å². The van der Waals surface area contributed by atoms with Crippen LogP contribution in [-0.4, -0.2) is 18.4 Å². The Bertz CT molecular complexity index is 778. The van der Waals surface area contributed by atoms with Crippen molar-refractivity contribution in [2.45, 2.75) is 46.5 Å². The normalized spacial score (nSPS) is 11.3. The minimum Gasteiger partial charge on any atom is -0.464 e. The van der Waals surface area contributed by atoms with E-state index >= 15 is 0 Å². The Morgan fingerprint density at radius 2 is 1.63 bits per heavy atom. The van der Waals surface area contributed by atoms with Crippen LogP contribution in [0.2, 0.25) is 5.02 Å². The predicted octanol–water partition coefficient (Wildman–Crippen LogP) is 5.22. The van der Waals surface area contributed by atoms with E-state index < -0.39 is 5.41 Å². The summed E-state index contributed by atoms with van der Waals surface area (Å²) < 4.78 is 5.38. The Balaban J connectivity index is 1.82. The van der Waals surface area contributed by atoms with Crippen LogP contribution in [0.15, 0.2) is 48.5 Å². The number of ketones is 1. The smallest absolute Gasteiger partial charge is 0.310 e. The second kappa shape index (κ2) is 9.70. The molecule has 0 heterocycles. The van der Waals surface area contributed by atoms with E-state index in [1.807, 2.05) is 62.4 Å². The number of halogens is 1. The Morgan fingerprint density at radius 3 is 2.26 bits per heavy atom. The van der Waals surface area contributed by atoms with Gasteiger partial charge >= 0.3 is 5.97 Å². The van der Waals surface area contributed by atoms with E-state index in [0.29, 0.717) is 17.9 Å². The van der Waals surface area contributed by atoms with E-state index in [0.717, 1.165) is 17.5 Å². The summed E-state index contributed by atoms with van der Waals surface area (Å²) >= 11 is 6.14. The summed E-state index contributed by atoms with van der Waals surface area (Å²) in [6.45, 7) is 5.80. The number of aryl methyl sites for hydroxylation is 2. The molecule has 27 heavy (non-hydrogen) atoms. The highest BCUT2D eigenvalue weighted by atomic mass is 35.5. The molecular formula is C23H27ClO3. The number of hydrogen-bond donors (Lipinski definition) is 0. The van der Waals surface area contributed by atoms with Gasteiger partial charge in [-0.3, -0.25) is 9.59 Å². The van der Waals surface area contributed by atoms with Crippen LogP contribution in [0.5, 0.6) is 0 Å². The van der Waals surface area contributed by atoms with E-state index in [2.05, 4.69) is 6.92 Å². The molecule has 0 fully saturated rings. The number of ether oxygens (including phenoxy) is 1. The first-order valence-electron chi connectivity index (χ1n) is 9.32. The third-order valence-electron chi connectivity index (χ3n) is 4.71. The molecule has 2 aromatic rings. The number of rotatable bonds is 9. The van der Waals surface area contributed by atoms with Gasteiger partial charge in [0.1, 0.15) is 12.4 Å². The number of benzene rings is 2. The van der Waals surface area contributed by atoms with E-state index in [-0.39, 0.29) is 24.8 Å². The molecule has 0 atom stereocenters. The summed E-state index contributed by atoms with van der Waals surface area (Å²) in [5.41, 5.74) is 2.39. The fraction of sp³-hybridized carbons (Fsp3) is 0.391. The van der Waals surface area contributed by atoms with Crippen LogP contribution in [0.1, 0.15) is 43.9 Å². The largest absolute Gasteiger partial charge is 0.464 e. The van der Waals surface area contributed by atoms with Crippen LogP contribution in [0.3, 0.4) is 0 Å². The summed E-state index contributed by atoms with van der Waals surface area (Å²) in [6.07, 6.45) is 2.13. The van der Waals surface area contributed by atoms with Crippen molar-refractivity contribution < 1.29 is 14.3 Å². The molecule has 0 aliphatic rings. The van der Waals surface area contributed by atoms with Gasteiger partial charge in [0.15, 0.2) is 0 Å². The van der Waals surface area contributed by atoms with Crippen molar-refractivity contribution in [3.63, 3.8) is 0 Å². The van der Waals surface area contributed by atoms with E-state index in [4.69, 9.17) is 16.3 Å². The number of carbonyl (C=O) groups is 2. The monoisotopic (exact) mass is 386 g/mol. The van der Waals surface area contributed by atoms with Gasteiger partial charge in [0.2, 0.25) is 0 Å². The van der Waals surface area contributed by atoms with Gasteiger partial charge in [-0.2, -0.15) is 0 Å². The first-order valence-corrected chi connectivity index (χ1v) is 9.70. The second-order valence-electron chi connectivity index (χ2n) is 7.41. The van der Waals surface area contributed by atoms with Crippen molar-refractivity contribution >= 4 is 23.4 Å². The molecule has 3 nitrogen and oxygen atoms in total. The maximum absolute atomic E-state index is 12.6. The van der Waals surface area contributed by atoms with Gasteiger partial charge in [0, 0.05) is 11.4 Å². The molecule has 0 N–H and O–H groups in total. The molecule has 2 aromatic carbocycles. The zero-order chi connectivity index (χ0) is 19.9. The molecule has 0 saturated heterocycles. The lowest BCUT2D eigenvalue weighted by atomic mass is 9.86. The minimum atomic E-state index is -0.719. The number of carbonyl (C=O) groups excluding carboxylic acids is 2. The average Bonchev–Trinajstić information content (AvgIpc) is 2.66. The van der Waals surface area contributed by atoms with Crippen LogP contribution in [0.4, 0.5) is 0 Å². The molecule has 0 aromatic heterocycles. The number of hydrogen-bond acceptors (Lipinski definition) is 3. The van der Waals surface area contributed by atoms with Crippen molar-refractivity contribution in [1.29, 1.82) is 0 Å². The van der Waals surface area contributed by atoms with Gasteiger partial charge in [-0.15, -0.1) is 0 Å². The maximum atomic E-state index is 12.6. The SMILES string of the molecule is CCc1ccc(CC(=O)OCC(C)(C)C(=O)CCc2ccccc2Cl)cc1. The Hall–Kier alpha value is -2.13. The first kappa shape index (κ1) is 21.2. The first-order chi connectivity index (χ1) is 12.8. The van der Waals surface area contributed by atoms with Crippen molar-refractivity contribution in [2.75, 3.05) is 6.61 Å². The minimum absolute atomic E-state index is 0.0579. The van der Waals surface area contributed by atoms with Crippen molar-refractivity contribution in [3.05, 3.63) is 70.2 Å². The van der Waals surface area contributed by atoms with Crippen molar-refractivity contribution in [3.8, 4) is 0 Å². The summed E-state index contributed by atoms with van der Waals surface area (Å²) in [6, 6.07) is 15.4. The molecule has 144 valence electrons. The van der Waals surface area contributed by atoms with Crippen LogP contribution < -0.4 is 0 Å². The molecule has 0 amide bonds. The summed E-state index contributed by atoms with van der Waals surface area (Å²) in [7, 11) is 0. The quantitative estimate of drug-likeness (QED) is 0.555. The Labute approximate surface area is 166 Å². The number of Topliss-reactive ketones (excluding diaryl/α,β-unsaturated/α-hetero) is 1. The Kier molecular flexibility index (Phi) is 7.61. The molecular weight excluding hydrogens is 360 g/mol. The van der Waals surface area contributed by atoms with Gasteiger partial charge < -0.3 is 4.74 Å². The van der Waals surface area contributed by atoms with Crippen molar-refractivity contribution in [1.82, 2.24) is 0 Å². The Morgan fingerprint density at radius 1 is 1.00 bits per heavy atom. The van der Waals surface area contributed by atoms with Gasteiger partial charge in [0.05, 0.1) is 11.8 Å². The van der Waals surface area contributed by atoms with E-state index in [9.17, 15) is 9.59 Å². The number of esters is 1. The average molecular weight is 387 g/mol. The lowest BCUT2D eigenvalue weighted by molar-refractivity contribution is -0.148. The molecule has 0 spiro atoms. The maximum Gasteiger partial charge on any atom is 0.310 e. The predicted molar refractivity (Wildman–Crippen MR) is 109 cm³/mol. The molecule has 0 radical (unpaired) electrons. The molecule has 0 aliphatic heterocycles. The molecule has 4 heteroatoms.